The van der Waals surface area contributed by atoms with Gasteiger partial charge in [0.2, 0.25) is 0 Å². The molecule has 2 nitrogen and oxygen atoms in total. The van der Waals surface area contributed by atoms with Crippen LogP contribution in [0.25, 0.3) is 0 Å². The van der Waals surface area contributed by atoms with Gasteiger partial charge in [-0.25, -0.2) is 0 Å². The monoisotopic (exact) mass is 235 g/mol. The molecule has 0 saturated carbocycles. The molecule has 1 rings (SSSR count). The van der Waals surface area contributed by atoms with Crippen LogP contribution in [0.5, 0.6) is 0 Å². The van der Waals surface area contributed by atoms with Crippen molar-refractivity contribution < 1.29 is 8.85 Å². The maximum absolute atomic E-state index is 5.83. The average Bonchev–Trinajstić information content (AvgIpc) is 2.51. The fourth-order valence-corrected chi connectivity index (χ4v) is 3.99. The summed E-state index contributed by atoms with van der Waals surface area (Å²) in [5.41, 5.74) is 0. The van der Waals surface area contributed by atoms with E-state index < -0.39 is 9.28 Å². The second-order valence-electron chi connectivity index (χ2n) is 2.26. The molecule has 0 aromatic carbocycles. The van der Waals surface area contributed by atoms with Crippen LogP contribution >= 0.6 is 22.9 Å². The van der Waals surface area contributed by atoms with E-state index in [1.165, 1.54) is 11.3 Å². The van der Waals surface area contributed by atoms with E-state index in [1.54, 1.807) is 0 Å². The Hall–Kier alpha value is 0.127. The third-order valence-corrected chi connectivity index (χ3v) is 4.85. The third-order valence-electron chi connectivity index (χ3n) is 1.33. The molecule has 0 unspecified atom stereocenters. The fourth-order valence-electron chi connectivity index (χ4n) is 0.870. The first-order valence-corrected chi connectivity index (χ1v) is 6.67. The molecule has 0 saturated heterocycles. The maximum atomic E-state index is 5.83. The minimum absolute atomic E-state index is 0.684. The fraction of sp³-hybridized carbons (Fsp3) is 0.500. The van der Waals surface area contributed by atoms with E-state index in [4.69, 9.17) is 20.5 Å². The van der Waals surface area contributed by atoms with Gasteiger partial charge in [-0.15, -0.1) is 11.3 Å². The van der Waals surface area contributed by atoms with E-state index in [0.717, 1.165) is 8.84 Å². The van der Waals surface area contributed by atoms with E-state index in [2.05, 4.69) is 0 Å². The van der Waals surface area contributed by atoms with Gasteiger partial charge in [0.15, 0.2) is 0 Å². The lowest BCUT2D eigenvalue weighted by Gasteiger charge is -2.10. The van der Waals surface area contributed by atoms with Crippen molar-refractivity contribution >= 4 is 36.7 Å². The summed E-state index contributed by atoms with van der Waals surface area (Å²) in [5, 5.41) is 0. The van der Waals surface area contributed by atoms with E-state index >= 15 is 0 Å². The van der Waals surface area contributed by atoms with Crippen molar-refractivity contribution in [1.82, 2.24) is 0 Å². The van der Waals surface area contributed by atoms with Gasteiger partial charge >= 0.3 is 9.28 Å². The molecule has 0 spiro atoms. The zero-order valence-electron chi connectivity index (χ0n) is 7.67. The van der Waals surface area contributed by atoms with Gasteiger partial charge < -0.3 is 8.85 Å². The van der Waals surface area contributed by atoms with Crippen LogP contribution in [0, 0.1) is 0 Å². The van der Waals surface area contributed by atoms with Crippen LogP contribution in [-0.2, 0) is 8.85 Å². The van der Waals surface area contributed by atoms with Crippen LogP contribution in [-0.4, -0.2) is 22.5 Å². The van der Waals surface area contributed by atoms with Gasteiger partial charge in [-0.3, -0.25) is 0 Å². The van der Waals surface area contributed by atoms with Crippen molar-refractivity contribution in [3.05, 3.63) is 16.5 Å². The first-order chi connectivity index (χ1) is 6.27. The Morgan fingerprint density at radius 2 is 1.92 bits per heavy atom. The van der Waals surface area contributed by atoms with Crippen LogP contribution in [0.2, 0.25) is 4.34 Å². The van der Waals surface area contributed by atoms with Crippen LogP contribution in [0.15, 0.2) is 12.1 Å². The van der Waals surface area contributed by atoms with E-state index in [9.17, 15) is 0 Å². The highest BCUT2D eigenvalue weighted by Crippen LogP contribution is 2.14. The quantitative estimate of drug-likeness (QED) is 0.729. The highest BCUT2D eigenvalue weighted by Gasteiger charge is 2.19. The van der Waals surface area contributed by atoms with Gasteiger partial charge in [0.25, 0.3) is 0 Å². The van der Waals surface area contributed by atoms with Gasteiger partial charge in [0, 0.05) is 17.7 Å². The van der Waals surface area contributed by atoms with Crippen LogP contribution in [0.1, 0.15) is 13.8 Å². The molecule has 0 fully saturated rings. The molecular weight excluding hydrogens is 224 g/mol. The minimum atomic E-state index is -1.27. The van der Waals surface area contributed by atoms with Crippen LogP contribution in [0.3, 0.4) is 0 Å². The second-order valence-corrected chi connectivity index (χ2v) is 6.03. The summed E-state index contributed by atoms with van der Waals surface area (Å²) in [6, 6.07) is 3.86. The molecule has 0 aliphatic carbocycles. The van der Waals surface area contributed by atoms with Gasteiger partial charge in [0.05, 0.1) is 4.34 Å². The molecule has 0 aliphatic rings. The Labute approximate surface area is 89.3 Å². The zero-order valence-corrected chi connectivity index (χ0v) is 10.2. The lowest BCUT2D eigenvalue weighted by molar-refractivity contribution is 0.226. The Kier molecular flexibility index (Phi) is 4.97. The number of rotatable bonds is 5. The highest BCUT2D eigenvalue weighted by molar-refractivity contribution is 7.25. The Morgan fingerprint density at radius 1 is 1.31 bits per heavy atom. The molecule has 0 atom stereocenters. The predicted molar refractivity (Wildman–Crippen MR) is 58.0 cm³/mol. The molecule has 0 bridgehead atoms. The summed E-state index contributed by atoms with van der Waals surface area (Å²) < 4.78 is 12.9. The summed E-state index contributed by atoms with van der Waals surface area (Å²) >= 11 is 7.36. The molecule has 5 heteroatoms. The maximum Gasteiger partial charge on any atom is 0.434 e. The summed E-state index contributed by atoms with van der Waals surface area (Å²) in [7, 11) is -1.27. The van der Waals surface area contributed by atoms with E-state index in [0.29, 0.717) is 13.2 Å². The molecule has 0 amide bonds. The number of hydrogen-bond acceptors (Lipinski definition) is 3. The van der Waals surface area contributed by atoms with Crippen molar-refractivity contribution in [3.63, 3.8) is 0 Å². The molecular formula is C8H12ClO2SSi. The Balaban J connectivity index is 2.63. The van der Waals surface area contributed by atoms with Gasteiger partial charge in [0.1, 0.15) is 0 Å². The van der Waals surface area contributed by atoms with Crippen molar-refractivity contribution in [2.45, 2.75) is 13.8 Å². The van der Waals surface area contributed by atoms with Crippen molar-refractivity contribution in [3.8, 4) is 0 Å². The van der Waals surface area contributed by atoms with Crippen molar-refractivity contribution in [2.75, 3.05) is 13.2 Å². The van der Waals surface area contributed by atoms with Gasteiger partial charge in [-0.1, -0.05) is 11.6 Å². The normalized spacial score (nSPS) is 11.1. The van der Waals surface area contributed by atoms with E-state index in [1.807, 2.05) is 26.0 Å². The highest BCUT2D eigenvalue weighted by atomic mass is 35.5. The topological polar surface area (TPSA) is 18.5 Å². The molecule has 1 heterocycles. The zero-order chi connectivity index (χ0) is 9.68. The third kappa shape index (κ3) is 3.40. The first kappa shape index (κ1) is 11.2. The molecule has 1 aromatic heterocycles. The molecule has 0 aliphatic heterocycles. The Bertz CT molecular complexity index is 248. The largest absolute Gasteiger partial charge is 0.434 e. The molecule has 13 heavy (non-hydrogen) atoms. The van der Waals surface area contributed by atoms with Gasteiger partial charge in [-0.05, 0) is 26.0 Å². The van der Waals surface area contributed by atoms with Crippen LogP contribution in [0.4, 0.5) is 0 Å². The molecule has 1 aromatic rings. The molecule has 0 N–H and O–H groups in total. The second kappa shape index (κ2) is 5.77. The molecule has 73 valence electrons. The standard InChI is InChI=1S/C8H12ClO2SSi/c1-3-10-13(11-4-2)8-6-5-7(9)12-8/h5-6H,3-4H2,1-2H3. The summed E-state index contributed by atoms with van der Waals surface area (Å²) in [6.45, 7) is 5.31. The molecule has 1 radical (unpaired) electrons. The van der Waals surface area contributed by atoms with Crippen molar-refractivity contribution in [1.29, 1.82) is 0 Å². The average molecular weight is 236 g/mol. The minimum Gasteiger partial charge on any atom is -0.390 e. The van der Waals surface area contributed by atoms with Gasteiger partial charge in [-0.2, -0.15) is 0 Å². The van der Waals surface area contributed by atoms with Crippen LogP contribution < -0.4 is 4.50 Å². The smallest absolute Gasteiger partial charge is 0.390 e. The summed E-state index contributed by atoms with van der Waals surface area (Å²) in [6.07, 6.45) is 0. The summed E-state index contributed by atoms with van der Waals surface area (Å²) in [4.78, 5) is 0. The number of hydrogen-bond donors (Lipinski definition) is 0. The van der Waals surface area contributed by atoms with Crippen molar-refractivity contribution in [2.24, 2.45) is 0 Å². The summed E-state index contributed by atoms with van der Waals surface area (Å²) in [5.74, 6) is 0. The lowest BCUT2D eigenvalue weighted by atomic mass is 10.7. The predicted octanol–water partition coefficient (Wildman–Crippen LogP) is 2.17. The van der Waals surface area contributed by atoms with E-state index in [-0.39, 0.29) is 0 Å². The SMILES string of the molecule is CCO[Si](OCC)c1ccc(Cl)s1. The number of thiophene rings is 1. The lowest BCUT2D eigenvalue weighted by Crippen LogP contribution is -2.34. The first-order valence-electron chi connectivity index (χ1n) is 4.16. The number of halogens is 1. The Morgan fingerprint density at radius 3 is 2.31 bits per heavy atom.